The topological polar surface area (TPSA) is 250 Å². The standard InChI is InChI=1S/C63H75N11O11S/c1-40-6-4-5-7-47(40)54-38-71(61(76)43-31-55(82-3)58(66-37-43)70-25-28-83-29-26-70)23-24-72(54)45-34-63(35-45)18-21-69(22-19-63)44-8-10-48(51(32-44)73-50-15-27-84-39-56(50)85-60-53(73)30-42-14-20-64-57(42)67-60)59(75)68-86(80,81)46-9-11-49(52(33-46)74(78)79)65-36-41-12-16-62(2,77)17-13-41/h4-11,14,20,30-33,37,41,45,50,54,56,65,77H,12-13,15-19,21-29,34-36,38-39H2,1-3H3,(H,64,67)(H,68,75)/t41?,50-,54-,56-,62?/m0/s1. The van der Waals surface area contributed by atoms with Crippen molar-refractivity contribution in [1.82, 2.24) is 29.5 Å². The largest absolute Gasteiger partial charge is 0.493 e. The molecule has 8 heterocycles. The maximum absolute atomic E-state index is 14.9. The lowest BCUT2D eigenvalue weighted by Gasteiger charge is -2.58. The van der Waals surface area contributed by atoms with Crippen LogP contribution in [0.2, 0.25) is 0 Å². The fraction of sp³-hybridized carbons (Fsp3) is 0.492. The number of H-pyrrole nitrogens is 1. The number of aromatic nitrogens is 3. The number of morpholine rings is 1. The van der Waals surface area contributed by atoms with Gasteiger partial charge in [-0.3, -0.25) is 24.6 Å². The van der Waals surface area contributed by atoms with Gasteiger partial charge in [0.05, 0.1) is 71.2 Å². The summed E-state index contributed by atoms with van der Waals surface area (Å²) < 4.78 is 54.7. The lowest BCUT2D eigenvalue weighted by Crippen LogP contribution is -2.60. The van der Waals surface area contributed by atoms with Gasteiger partial charge in [-0.25, -0.2) is 18.1 Å². The monoisotopic (exact) mass is 1190 g/mol. The van der Waals surface area contributed by atoms with E-state index in [1.807, 2.05) is 42.2 Å². The number of carbonyl (C=O) groups is 2. The van der Waals surface area contributed by atoms with Crippen LogP contribution in [0.4, 0.5) is 34.3 Å². The van der Waals surface area contributed by atoms with Crippen molar-refractivity contribution in [1.29, 1.82) is 0 Å². The third-order valence-corrected chi connectivity index (χ3v) is 20.7. The molecule has 0 radical (unpaired) electrons. The van der Waals surface area contributed by atoms with Gasteiger partial charge in [-0.15, -0.1) is 0 Å². The molecule has 454 valence electrons. The smallest absolute Gasteiger partial charge is 0.293 e. The van der Waals surface area contributed by atoms with Crippen LogP contribution in [-0.4, -0.2) is 165 Å². The second kappa shape index (κ2) is 23.3. The number of sulfonamides is 1. The van der Waals surface area contributed by atoms with Gasteiger partial charge in [-0.1, -0.05) is 24.3 Å². The molecule has 5 aliphatic heterocycles. The van der Waals surface area contributed by atoms with E-state index in [9.17, 15) is 33.2 Å². The Morgan fingerprint density at radius 1 is 0.895 bits per heavy atom. The Balaban J connectivity index is 0.741. The number of rotatable bonds is 14. The molecular formula is C63H75N11O11S. The van der Waals surface area contributed by atoms with Crippen molar-refractivity contribution in [2.45, 2.75) is 106 Å². The number of hydrogen-bond acceptors (Lipinski definition) is 18. The number of fused-ring (bicyclic) bond motifs is 3. The zero-order valence-electron chi connectivity index (χ0n) is 48.9. The molecule has 3 aromatic heterocycles. The number of carbonyl (C=O) groups excluding carboxylic acids is 2. The first-order chi connectivity index (χ1) is 41.5. The Morgan fingerprint density at radius 3 is 2.45 bits per heavy atom. The molecule has 0 unspecified atom stereocenters. The Kier molecular flexibility index (Phi) is 15.6. The molecule has 23 heteroatoms. The maximum atomic E-state index is 14.9. The molecule has 4 saturated heterocycles. The molecular weight excluding hydrogens is 1120 g/mol. The number of ether oxygens (including phenoxy) is 4. The first kappa shape index (κ1) is 57.5. The van der Waals surface area contributed by atoms with Gasteiger partial charge in [-0.2, -0.15) is 4.98 Å². The van der Waals surface area contributed by atoms with Gasteiger partial charge in [0.15, 0.2) is 11.6 Å². The van der Waals surface area contributed by atoms with Crippen LogP contribution >= 0.6 is 0 Å². The molecule has 2 amide bonds. The number of piperidine rings is 1. The molecule has 0 bridgehead atoms. The van der Waals surface area contributed by atoms with E-state index in [1.54, 1.807) is 25.6 Å². The van der Waals surface area contributed by atoms with Crippen LogP contribution in [0.25, 0.3) is 11.0 Å². The molecule has 22 nitrogen and oxygen atoms in total. The summed E-state index contributed by atoms with van der Waals surface area (Å²) in [6, 6.07) is 23.4. The van der Waals surface area contributed by atoms with Crippen LogP contribution in [-0.2, 0) is 19.5 Å². The van der Waals surface area contributed by atoms with E-state index in [1.165, 1.54) is 23.3 Å². The Hall–Kier alpha value is -7.57. The molecule has 3 atom stereocenters. The van der Waals surface area contributed by atoms with Crippen molar-refractivity contribution in [3.8, 4) is 11.6 Å². The number of methoxy groups -OCH3 is 1. The molecule has 2 saturated carbocycles. The fourth-order valence-corrected chi connectivity index (χ4v) is 15.4. The number of benzene rings is 3. The summed E-state index contributed by atoms with van der Waals surface area (Å²) in [4.78, 5) is 64.6. The summed E-state index contributed by atoms with van der Waals surface area (Å²) in [5, 5.41) is 26.9. The van der Waals surface area contributed by atoms with E-state index < -0.39 is 43.1 Å². The highest BCUT2D eigenvalue weighted by atomic mass is 32.2. The van der Waals surface area contributed by atoms with E-state index in [0.717, 1.165) is 81.1 Å². The number of piperazine rings is 1. The predicted octanol–water partition coefficient (Wildman–Crippen LogP) is 8.13. The number of aromatic amines is 1. The lowest BCUT2D eigenvalue weighted by atomic mass is 9.59. The van der Waals surface area contributed by atoms with Crippen LogP contribution in [0.1, 0.15) is 103 Å². The quantitative estimate of drug-likeness (QED) is 0.0593. The first-order valence-electron chi connectivity index (χ1n) is 30.2. The van der Waals surface area contributed by atoms with Crippen molar-refractivity contribution >= 4 is 67.1 Å². The van der Waals surface area contributed by atoms with Crippen LogP contribution < -0.4 is 34.2 Å². The highest BCUT2D eigenvalue weighted by Crippen LogP contribution is 2.54. The normalized spacial score (nSPS) is 24.3. The Bertz CT molecular complexity index is 3660. The second-order valence-electron chi connectivity index (χ2n) is 24.8. The van der Waals surface area contributed by atoms with Crippen LogP contribution in [0.15, 0.2) is 96.2 Å². The number of nitrogens with zero attached hydrogens (tertiary/aromatic N) is 8. The minimum atomic E-state index is -4.66. The molecule has 4 N–H and O–H groups in total. The zero-order valence-corrected chi connectivity index (χ0v) is 49.7. The first-order valence-corrected chi connectivity index (χ1v) is 31.7. The number of pyridine rings is 2. The summed E-state index contributed by atoms with van der Waals surface area (Å²) in [5.74, 6) is 0.852. The second-order valence-corrected chi connectivity index (χ2v) is 26.5. The summed E-state index contributed by atoms with van der Waals surface area (Å²) in [6.45, 7) is 11.1. The number of nitrogens with one attached hydrogen (secondary N) is 3. The van der Waals surface area contributed by atoms with Gasteiger partial charge >= 0.3 is 0 Å². The number of hydrogen-bond donors (Lipinski definition) is 4. The molecule has 6 aromatic rings. The highest BCUT2D eigenvalue weighted by Gasteiger charge is 2.51. The SMILES string of the molecule is COc1cc(C(=O)N2CCN(C3CC4(CCN(c5ccc(C(=O)NS(=O)(=O)c6ccc(NCC7CCC(C)(O)CC7)c([N+](=O)[O-])c6)c(N6c7cc8cc[nH]c8nc7O[C@H]7COCC[C@@H]76)c5)CC4)C3)[C@H](c3ccccc3C)C2)cnc1N1CCOCC1. The van der Waals surface area contributed by atoms with Gasteiger partial charge in [0, 0.05) is 94.5 Å². The van der Waals surface area contributed by atoms with E-state index in [4.69, 9.17) is 28.9 Å². The molecule has 3 aromatic carbocycles. The number of anilines is 5. The third-order valence-electron chi connectivity index (χ3n) is 19.4. The molecule has 6 fully saturated rings. The average molecular weight is 1190 g/mol. The summed E-state index contributed by atoms with van der Waals surface area (Å²) in [6.07, 6.45) is 10.3. The minimum Gasteiger partial charge on any atom is -0.493 e. The zero-order chi connectivity index (χ0) is 59.5. The average Bonchev–Trinajstić information content (AvgIpc) is 1.16. The van der Waals surface area contributed by atoms with E-state index >= 15 is 0 Å². The van der Waals surface area contributed by atoms with E-state index in [2.05, 4.69) is 65.8 Å². The predicted molar refractivity (Wildman–Crippen MR) is 324 cm³/mol. The molecule has 7 aliphatic rings. The number of aryl methyl sites for hydroxylation is 1. The van der Waals surface area contributed by atoms with Crippen molar-refractivity contribution in [2.24, 2.45) is 11.3 Å². The fourth-order valence-electron chi connectivity index (χ4n) is 14.4. The van der Waals surface area contributed by atoms with Gasteiger partial charge in [0.25, 0.3) is 27.5 Å². The van der Waals surface area contributed by atoms with Crippen molar-refractivity contribution in [3.05, 3.63) is 124 Å². The molecule has 86 heavy (non-hydrogen) atoms. The molecule has 1 spiro atoms. The van der Waals surface area contributed by atoms with E-state index in [0.29, 0.717) is 112 Å². The van der Waals surface area contributed by atoms with Gasteiger partial charge < -0.3 is 54.0 Å². The number of nitro benzene ring substituents is 1. The van der Waals surface area contributed by atoms with Crippen molar-refractivity contribution < 1.29 is 47.0 Å². The summed E-state index contributed by atoms with van der Waals surface area (Å²) in [7, 11) is -3.05. The van der Waals surface area contributed by atoms with Crippen molar-refractivity contribution in [2.75, 3.05) is 106 Å². The molecule has 2 aliphatic carbocycles. The third kappa shape index (κ3) is 11.3. The highest BCUT2D eigenvalue weighted by molar-refractivity contribution is 7.90. The van der Waals surface area contributed by atoms with Gasteiger partial charge in [-0.05, 0) is 143 Å². The van der Waals surface area contributed by atoms with Crippen LogP contribution in [0.3, 0.4) is 0 Å². The Labute approximate surface area is 500 Å². The number of amides is 2. The Morgan fingerprint density at radius 2 is 1.69 bits per heavy atom. The summed E-state index contributed by atoms with van der Waals surface area (Å²) >= 11 is 0. The summed E-state index contributed by atoms with van der Waals surface area (Å²) in [5.41, 5.74) is 4.71. The lowest BCUT2D eigenvalue weighted by molar-refractivity contribution is -0.384. The number of nitro groups is 1. The van der Waals surface area contributed by atoms with Crippen LogP contribution in [0, 0.1) is 28.4 Å². The number of aliphatic hydroxyl groups is 1. The van der Waals surface area contributed by atoms with Crippen molar-refractivity contribution in [3.63, 3.8) is 0 Å². The minimum absolute atomic E-state index is 0.00564. The van der Waals surface area contributed by atoms with Gasteiger partial charge in [0.2, 0.25) is 5.88 Å². The maximum Gasteiger partial charge on any atom is 0.293 e. The van der Waals surface area contributed by atoms with E-state index in [-0.39, 0.29) is 47.2 Å². The van der Waals surface area contributed by atoms with Gasteiger partial charge in [0.1, 0.15) is 23.1 Å². The van der Waals surface area contributed by atoms with Crippen LogP contribution in [0.5, 0.6) is 11.6 Å². The molecule has 13 rings (SSSR count).